The number of benzene rings is 2. The van der Waals surface area contributed by atoms with Crippen molar-refractivity contribution in [2.24, 2.45) is 0 Å². The first-order valence-electron chi connectivity index (χ1n) is 9.70. The van der Waals surface area contributed by atoms with E-state index in [4.69, 9.17) is 11.6 Å². The van der Waals surface area contributed by atoms with E-state index in [9.17, 15) is 14.7 Å². The molecule has 29 heavy (non-hydrogen) atoms. The molecule has 0 fully saturated rings. The van der Waals surface area contributed by atoms with Crippen molar-refractivity contribution in [3.8, 4) is 5.75 Å². The van der Waals surface area contributed by atoms with Crippen LogP contribution in [0.1, 0.15) is 66.7 Å². The van der Waals surface area contributed by atoms with E-state index in [2.05, 4.69) is 5.32 Å². The molecule has 2 N–H and O–H groups in total. The van der Waals surface area contributed by atoms with Crippen molar-refractivity contribution in [3.63, 3.8) is 0 Å². The van der Waals surface area contributed by atoms with Crippen LogP contribution in [-0.2, 0) is 4.79 Å². The van der Waals surface area contributed by atoms with E-state index in [0.717, 1.165) is 5.56 Å². The summed E-state index contributed by atoms with van der Waals surface area (Å²) < 4.78 is 0. The van der Waals surface area contributed by atoms with Gasteiger partial charge < -0.3 is 15.3 Å². The van der Waals surface area contributed by atoms with Gasteiger partial charge in [-0.25, -0.2) is 0 Å². The molecule has 0 aromatic heterocycles. The summed E-state index contributed by atoms with van der Waals surface area (Å²) in [5, 5.41) is 13.7. The van der Waals surface area contributed by atoms with E-state index in [1.165, 1.54) is 0 Å². The Labute approximate surface area is 176 Å². The Balaban J connectivity index is 1.99. The Bertz CT molecular complexity index is 948. The van der Waals surface area contributed by atoms with Crippen LogP contribution in [0.25, 0.3) is 0 Å². The van der Waals surface area contributed by atoms with Crippen molar-refractivity contribution < 1.29 is 14.7 Å². The van der Waals surface area contributed by atoms with Gasteiger partial charge in [-0.15, -0.1) is 0 Å². The number of aromatic hydroxyl groups is 1. The minimum atomic E-state index is -0.731. The topological polar surface area (TPSA) is 69.6 Å². The lowest BCUT2D eigenvalue weighted by atomic mass is 9.97. The van der Waals surface area contributed by atoms with Crippen LogP contribution in [-0.4, -0.2) is 33.9 Å². The zero-order chi connectivity index (χ0) is 21.5. The molecule has 1 aliphatic rings. The zero-order valence-corrected chi connectivity index (χ0v) is 18.2. The molecule has 2 aromatic carbocycles. The minimum absolute atomic E-state index is 0.00405. The molecule has 2 amide bonds. The summed E-state index contributed by atoms with van der Waals surface area (Å²) in [5.74, 6) is -0.398. The molecular weight excluding hydrogens is 388 g/mol. The molecule has 0 saturated carbocycles. The summed E-state index contributed by atoms with van der Waals surface area (Å²) in [6, 6.07) is 10.00. The summed E-state index contributed by atoms with van der Waals surface area (Å²) in [5.41, 5.74) is 2.16. The van der Waals surface area contributed by atoms with Gasteiger partial charge >= 0.3 is 0 Å². The van der Waals surface area contributed by atoms with Gasteiger partial charge in [-0.2, -0.15) is 0 Å². The van der Waals surface area contributed by atoms with Crippen LogP contribution in [0.5, 0.6) is 5.75 Å². The van der Waals surface area contributed by atoms with Gasteiger partial charge in [0.25, 0.3) is 5.91 Å². The highest BCUT2D eigenvalue weighted by atomic mass is 35.5. The quantitative estimate of drug-likeness (QED) is 0.769. The molecule has 0 radical (unpaired) electrons. The van der Waals surface area contributed by atoms with Crippen LogP contribution in [0.15, 0.2) is 36.4 Å². The lowest BCUT2D eigenvalue weighted by Gasteiger charge is -2.30. The molecule has 0 aliphatic carbocycles. The van der Waals surface area contributed by atoms with E-state index < -0.39 is 11.6 Å². The third-order valence-electron chi connectivity index (χ3n) is 5.21. The summed E-state index contributed by atoms with van der Waals surface area (Å²) in [7, 11) is 0. The second kappa shape index (κ2) is 7.71. The van der Waals surface area contributed by atoms with Crippen molar-refractivity contribution in [2.45, 2.75) is 52.1 Å². The Hall–Kier alpha value is -2.53. The van der Waals surface area contributed by atoms with Gasteiger partial charge in [-0.3, -0.25) is 9.59 Å². The fourth-order valence-electron chi connectivity index (χ4n) is 3.76. The van der Waals surface area contributed by atoms with Gasteiger partial charge in [0.2, 0.25) is 5.91 Å². The maximum atomic E-state index is 13.3. The van der Waals surface area contributed by atoms with Gasteiger partial charge in [-0.05, 0) is 62.9 Å². The highest BCUT2D eigenvalue weighted by molar-refractivity contribution is 6.30. The fourth-order valence-corrected chi connectivity index (χ4v) is 3.89. The molecular formula is C23H27ClN2O3. The SMILES string of the molecule is Cc1c(O)ccc2c1C(=O)N(CC(C)c1ccc(Cl)cc1)C2C(=O)NC(C)(C)C. The number of hydrogen-bond acceptors (Lipinski definition) is 3. The third kappa shape index (κ3) is 4.25. The summed E-state index contributed by atoms with van der Waals surface area (Å²) in [6.07, 6.45) is 0. The predicted octanol–water partition coefficient (Wildman–Crippen LogP) is 4.57. The molecule has 1 heterocycles. The van der Waals surface area contributed by atoms with Crippen LogP contribution in [0, 0.1) is 6.92 Å². The molecule has 2 aromatic rings. The number of hydrogen-bond donors (Lipinski definition) is 2. The van der Waals surface area contributed by atoms with Crippen molar-refractivity contribution in [2.75, 3.05) is 6.54 Å². The Morgan fingerprint density at radius 1 is 1.21 bits per heavy atom. The molecule has 5 nitrogen and oxygen atoms in total. The van der Waals surface area contributed by atoms with Gasteiger partial charge in [-0.1, -0.05) is 36.7 Å². The summed E-state index contributed by atoms with van der Waals surface area (Å²) in [4.78, 5) is 28.0. The van der Waals surface area contributed by atoms with Crippen molar-refractivity contribution in [3.05, 3.63) is 63.7 Å². The first-order chi connectivity index (χ1) is 13.5. The van der Waals surface area contributed by atoms with E-state index in [1.807, 2.05) is 52.0 Å². The maximum absolute atomic E-state index is 13.3. The number of phenols is 1. The number of rotatable bonds is 4. The number of phenolic OH excluding ortho intramolecular Hbond substituents is 1. The monoisotopic (exact) mass is 414 g/mol. The average molecular weight is 415 g/mol. The van der Waals surface area contributed by atoms with Crippen LogP contribution < -0.4 is 5.32 Å². The standard InChI is InChI=1S/C23H27ClN2O3/c1-13(15-6-8-16(24)9-7-15)12-26-20(21(28)25-23(3,4)5)17-10-11-18(27)14(2)19(17)22(26)29/h6-11,13,20,27H,12H2,1-5H3,(H,25,28). The van der Waals surface area contributed by atoms with E-state index in [1.54, 1.807) is 24.0 Å². The molecule has 0 saturated heterocycles. The second-order valence-corrected chi connectivity index (χ2v) is 9.16. The zero-order valence-electron chi connectivity index (χ0n) is 17.4. The Morgan fingerprint density at radius 3 is 2.41 bits per heavy atom. The first kappa shape index (κ1) is 21.2. The summed E-state index contributed by atoms with van der Waals surface area (Å²) in [6.45, 7) is 9.82. The van der Waals surface area contributed by atoms with Crippen molar-refractivity contribution in [1.29, 1.82) is 0 Å². The van der Waals surface area contributed by atoms with Crippen molar-refractivity contribution in [1.82, 2.24) is 10.2 Å². The molecule has 2 unspecified atom stereocenters. The molecule has 0 spiro atoms. The van der Waals surface area contributed by atoms with Crippen LogP contribution in [0.4, 0.5) is 0 Å². The second-order valence-electron chi connectivity index (χ2n) is 8.73. The largest absolute Gasteiger partial charge is 0.508 e. The Kier molecular flexibility index (Phi) is 5.63. The number of halogens is 1. The molecule has 0 bridgehead atoms. The lowest BCUT2D eigenvalue weighted by molar-refractivity contribution is -0.127. The normalized spacial score (nSPS) is 17.2. The highest BCUT2D eigenvalue weighted by Gasteiger charge is 2.43. The Morgan fingerprint density at radius 2 is 1.83 bits per heavy atom. The highest BCUT2D eigenvalue weighted by Crippen LogP contribution is 2.40. The average Bonchev–Trinajstić information content (AvgIpc) is 2.90. The number of carbonyl (C=O) groups excluding carboxylic acids is 2. The number of carbonyl (C=O) groups is 2. The number of fused-ring (bicyclic) bond motifs is 1. The van der Waals surface area contributed by atoms with Gasteiger partial charge in [0.05, 0.1) is 5.56 Å². The van der Waals surface area contributed by atoms with Crippen LogP contribution in [0.2, 0.25) is 5.02 Å². The third-order valence-corrected chi connectivity index (χ3v) is 5.46. The fraction of sp³-hybridized carbons (Fsp3) is 0.391. The molecule has 3 rings (SSSR count). The smallest absolute Gasteiger partial charge is 0.255 e. The van der Waals surface area contributed by atoms with Gasteiger partial charge in [0, 0.05) is 22.7 Å². The van der Waals surface area contributed by atoms with E-state index in [0.29, 0.717) is 28.3 Å². The molecule has 154 valence electrons. The number of nitrogens with one attached hydrogen (secondary N) is 1. The van der Waals surface area contributed by atoms with Gasteiger partial charge in [0.15, 0.2) is 0 Å². The lowest BCUT2D eigenvalue weighted by Crippen LogP contribution is -2.47. The maximum Gasteiger partial charge on any atom is 0.255 e. The van der Waals surface area contributed by atoms with Crippen LogP contribution in [0.3, 0.4) is 0 Å². The van der Waals surface area contributed by atoms with E-state index in [-0.39, 0.29) is 23.5 Å². The van der Waals surface area contributed by atoms with Crippen molar-refractivity contribution >= 4 is 23.4 Å². The minimum Gasteiger partial charge on any atom is -0.508 e. The molecule has 1 aliphatic heterocycles. The first-order valence-corrected chi connectivity index (χ1v) is 10.1. The molecule has 2 atom stereocenters. The molecule has 6 heteroatoms. The number of nitrogens with zero attached hydrogens (tertiary/aromatic N) is 1. The van der Waals surface area contributed by atoms with E-state index >= 15 is 0 Å². The van der Waals surface area contributed by atoms with Gasteiger partial charge in [0.1, 0.15) is 11.8 Å². The number of amides is 2. The summed E-state index contributed by atoms with van der Waals surface area (Å²) >= 11 is 5.99. The predicted molar refractivity (Wildman–Crippen MR) is 114 cm³/mol. The van der Waals surface area contributed by atoms with Crippen LogP contribution >= 0.6 is 11.6 Å².